The Bertz CT molecular complexity index is 284. The molecule has 0 bridgehead atoms. The standard InChI is InChI=1S/C8H20N2O4P2/c1-15(11,12)7-9-3-5-10(6-4-9)8-16(2,13)14/h3-8H2,1-2H3,(H,11,12)(H,13,14)/p+2. The smallest absolute Gasteiger partial charge is 0.250 e. The summed E-state index contributed by atoms with van der Waals surface area (Å²) in [6.07, 6.45) is 0.617. The average Bonchev–Trinajstić information content (AvgIpc) is 2.03. The highest BCUT2D eigenvalue weighted by Gasteiger charge is 2.29. The number of hydrogen-bond acceptors (Lipinski definition) is 2. The van der Waals surface area contributed by atoms with Crippen molar-refractivity contribution in [1.82, 2.24) is 0 Å². The monoisotopic (exact) mass is 272 g/mol. The molecule has 6 nitrogen and oxygen atoms in total. The molecule has 1 rings (SSSR count). The fraction of sp³-hybridized carbons (Fsp3) is 1.00. The Balaban J connectivity index is 2.34. The zero-order chi connectivity index (χ0) is 12.4. The molecule has 8 heteroatoms. The SMILES string of the molecule is CP(=O)(O)C[NH+]1CC[NH+](CP(C)(=O)O)CC1. The molecule has 0 amide bonds. The first-order valence-corrected chi connectivity index (χ1v) is 10.00. The Labute approximate surface area is 96.1 Å². The van der Waals surface area contributed by atoms with E-state index < -0.39 is 14.7 Å². The van der Waals surface area contributed by atoms with Gasteiger partial charge >= 0.3 is 0 Å². The summed E-state index contributed by atoms with van der Waals surface area (Å²) in [4.78, 5) is 20.8. The topological polar surface area (TPSA) is 83.5 Å². The Morgan fingerprint density at radius 2 is 1.12 bits per heavy atom. The third-order valence-corrected chi connectivity index (χ3v) is 4.77. The molecule has 2 atom stereocenters. The van der Waals surface area contributed by atoms with E-state index >= 15 is 0 Å². The normalized spacial score (nSPS) is 34.0. The molecular weight excluding hydrogens is 250 g/mol. The molecule has 1 fully saturated rings. The molecule has 1 aliphatic heterocycles. The van der Waals surface area contributed by atoms with E-state index in [2.05, 4.69) is 0 Å². The lowest BCUT2D eigenvalue weighted by Crippen LogP contribution is -3.27. The molecule has 4 N–H and O–H groups in total. The van der Waals surface area contributed by atoms with Crippen LogP contribution in [0.5, 0.6) is 0 Å². The zero-order valence-electron chi connectivity index (χ0n) is 9.85. The first-order chi connectivity index (χ1) is 7.16. The number of hydrogen-bond donors (Lipinski definition) is 4. The summed E-state index contributed by atoms with van der Waals surface area (Å²) in [7, 11) is -5.89. The minimum absolute atomic E-state index is 0.309. The van der Waals surface area contributed by atoms with Gasteiger partial charge in [0.2, 0.25) is 14.7 Å². The molecule has 1 saturated heterocycles. The lowest BCUT2D eigenvalue weighted by atomic mass is 10.4. The highest BCUT2D eigenvalue weighted by molar-refractivity contribution is 7.57. The van der Waals surface area contributed by atoms with Crippen LogP contribution < -0.4 is 9.80 Å². The van der Waals surface area contributed by atoms with Gasteiger partial charge in [0.05, 0.1) is 0 Å². The molecule has 0 aromatic rings. The number of piperazine rings is 1. The van der Waals surface area contributed by atoms with Crippen molar-refractivity contribution in [2.75, 3.05) is 52.1 Å². The van der Waals surface area contributed by atoms with Gasteiger partial charge in [-0.2, -0.15) is 0 Å². The third-order valence-electron chi connectivity index (χ3n) is 2.70. The van der Waals surface area contributed by atoms with Crippen molar-refractivity contribution in [3.05, 3.63) is 0 Å². The van der Waals surface area contributed by atoms with Crippen LogP contribution in [0, 0.1) is 0 Å². The molecule has 0 aliphatic carbocycles. The molecule has 96 valence electrons. The lowest BCUT2D eigenvalue weighted by molar-refractivity contribution is -1.00. The highest BCUT2D eigenvalue weighted by atomic mass is 31.2. The minimum Gasteiger partial charge on any atom is -0.341 e. The molecule has 0 saturated carbocycles. The van der Waals surface area contributed by atoms with Crippen molar-refractivity contribution in [1.29, 1.82) is 0 Å². The summed E-state index contributed by atoms with van der Waals surface area (Å²) in [6.45, 7) is 5.96. The molecule has 0 radical (unpaired) electrons. The molecule has 0 spiro atoms. The highest BCUT2D eigenvalue weighted by Crippen LogP contribution is 2.32. The van der Waals surface area contributed by atoms with Gasteiger partial charge in [0.15, 0.2) is 12.6 Å². The average molecular weight is 272 g/mol. The third kappa shape index (κ3) is 6.14. The van der Waals surface area contributed by atoms with Gasteiger partial charge in [0.25, 0.3) is 0 Å². The molecule has 1 aliphatic rings. The van der Waals surface area contributed by atoms with Crippen molar-refractivity contribution in [3.8, 4) is 0 Å². The van der Waals surface area contributed by atoms with Crippen molar-refractivity contribution in [2.24, 2.45) is 0 Å². The second-order valence-corrected chi connectivity index (χ2v) is 9.75. The Hall–Kier alpha value is 0.300. The van der Waals surface area contributed by atoms with Crippen LogP contribution in [0.25, 0.3) is 0 Å². The van der Waals surface area contributed by atoms with E-state index in [1.54, 1.807) is 0 Å². The maximum Gasteiger partial charge on any atom is 0.250 e. The molecule has 0 aromatic heterocycles. The van der Waals surface area contributed by atoms with E-state index in [-0.39, 0.29) is 0 Å². The van der Waals surface area contributed by atoms with E-state index in [1.165, 1.54) is 13.3 Å². The predicted molar refractivity (Wildman–Crippen MR) is 62.6 cm³/mol. The van der Waals surface area contributed by atoms with Crippen LogP contribution >= 0.6 is 14.7 Å². The van der Waals surface area contributed by atoms with Crippen LogP contribution in [0.1, 0.15) is 0 Å². The number of rotatable bonds is 4. The van der Waals surface area contributed by atoms with E-state index in [0.717, 1.165) is 36.0 Å². The van der Waals surface area contributed by atoms with Crippen LogP contribution in [0.4, 0.5) is 0 Å². The fourth-order valence-corrected chi connectivity index (χ4v) is 4.40. The Morgan fingerprint density at radius 3 is 1.31 bits per heavy atom. The van der Waals surface area contributed by atoms with Crippen LogP contribution in [0.3, 0.4) is 0 Å². The summed E-state index contributed by atoms with van der Waals surface area (Å²) in [6, 6.07) is 0. The molecular formula is C8H22N2O4P2+2. The van der Waals surface area contributed by atoms with Crippen molar-refractivity contribution >= 4 is 14.7 Å². The van der Waals surface area contributed by atoms with E-state index in [9.17, 15) is 18.9 Å². The van der Waals surface area contributed by atoms with Gasteiger partial charge in [-0.1, -0.05) is 0 Å². The van der Waals surface area contributed by atoms with E-state index in [4.69, 9.17) is 0 Å². The quantitative estimate of drug-likeness (QED) is 0.426. The summed E-state index contributed by atoms with van der Waals surface area (Å²) in [5.74, 6) is 0. The van der Waals surface area contributed by atoms with Crippen molar-refractivity contribution in [3.63, 3.8) is 0 Å². The van der Waals surface area contributed by atoms with Gasteiger partial charge in [0.1, 0.15) is 26.2 Å². The van der Waals surface area contributed by atoms with Crippen LogP contribution in [-0.4, -0.2) is 61.9 Å². The Kier molecular flexibility index (Phi) is 4.76. The van der Waals surface area contributed by atoms with Gasteiger partial charge in [-0.25, -0.2) is 0 Å². The van der Waals surface area contributed by atoms with E-state index in [1.807, 2.05) is 0 Å². The van der Waals surface area contributed by atoms with Gasteiger partial charge in [0, 0.05) is 13.3 Å². The second kappa shape index (κ2) is 5.30. The molecule has 2 unspecified atom stereocenters. The maximum atomic E-state index is 11.2. The lowest BCUT2D eigenvalue weighted by Gasteiger charge is -2.30. The predicted octanol–water partition coefficient (Wildman–Crippen LogP) is -2.51. The van der Waals surface area contributed by atoms with Gasteiger partial charge < -0.3 is 19.6 Å². The van der Waals surface area contributed by atoms with Crippen molar-refractivity contribution < 1.29 is 28.7 Å². The van der Waals surface area contributed by atoms with Gasteiger partial charge in [-0.05, 0) is 0 Å². The van der Waals surface area contributed by atoms with Crippen molar-refractivity contribution in [2.45, 2.75) is 0 Å². The van der Waals surface area contributed by atoms with E-state index in [0.29, 0.717) is 12.6 Å². The number of quaternary nitrogens is 2. The second-order valence-electron chi connectivity index (χ2n) is 4.92. The fourth-order valence-electron chi connectivity index (χ4n) is 2.10. The van der Waals surface area contributed by atoms with Crippen LogP contribution in [0.15, 0.2) is 0 Å². The summed E-state index contributed by atoms with van der Waals surface area (Å²) >= 11 is 0. The van der Waals surface area contributed by atoms with Gasteiger partial charge in [-0.15, -0.1) is 0 Å². The largest absolute Gasteiger partial charge is 0.341 e. The maximum absolute atomic E-state index is 11.2. The first-order valence-electron chi connectivity index (χ1n) is 5.41. The molecule has 1 heterocycles. The zero-order valence-corrected chi connectivity index (χ0v) is 11.6. The first kappa shape index (κ1) is 14.4. The Morgan fingerprint density at radius 1 is 0.875 bits per heavy atom. The van der Waals surface area contributed by atoms with Crippen LogP contribution in [0.2, 0.25) is 0 Å². The summed E-state index contributed by atoms with van der Waals surface area (Å²) < 4.78 is 22.5. The number of nitrogens with one attached hydrogen (secondary N) is 2. The van der Waals surface area contributed by atoms with Crippen LogP contribution in [-0.2, 0) is 9.13 Å². The van der Waals surface area contributed by atoms with Gasteiger partial charge in [-0.3, -0.25) is 9.13 Å². The summed E-state index contributed by atoms with van der Waals surface area (Å²) in [5, 5.41) is 0. The minimum atomic E-state index is -2.95. The molecule has 0 aromatic carbocycles. The molecule has 16 heavy (non-hydrogen) atoms. The summed E-state index contributed by atoms with van der Waals surface area (Å²) in [5.41, 5.74) is 0.